The molecule has 0 aromatic heterocycles. The molecule has 1 heteroatoms. The number of aliphatic hydroxyl groups is 1. The molecule has 0 aliphatic rings. The molecule has 0 amide bonds. The summed E-state index contributed by atoms with van der Waals surface area (Å²) < 4.78 is 0. The molecule has 0 aromatic rings. The van der Waals surface area contributed by atoms with Gasteiger partial charge in [-0.25, -0.2) is 0 Å². The minimum absolute atomic E-state index is 0.385. The average molecular weight is 200 g/mol. The Labute approximate surface area is 89.9 Å². The second-order valence-electron chi connectivity index (χ2n) is 4.49. The molecule has 0 fully saturated rings. The van der Waals surface area contributed by atoms with Crippen LogP contribution in [0.15, 0.2) is 0 Å². The second kappa shape index (κ2) is 9.51. The normalized spacial score (nSPS) is 15.4. The van der Waals surface area contributed by atoms with Gasteiger partial charge in [-0.1, -0.05) is 52.9 Å². The molecule has 2 unspecified atom stereocenters. The van der Waals surface area contributed by atoms with Crippen LogP contribution < -0.4 is 0 Å². The van der Waals surface area contributed by atoms with Crippen LogP contribution in [0.2, 0.25) is 0 Å². The molecule has 1 N–H and O–H groups in total. The predicted molar refractivity (Wildman–Crippen MR) is 63.4 cm³/mol. The van der Waals surface area contributed by atoms with Gasteiger partial charge in [-0.15, -0.1) is 0 Å². The van der Waals surface area contributed by atoms with Crippen LogP contribution in [-0.4, -0.2) is 11.7 Å². The summed E-state index contributed by atoms with van der Waals surface area (Å²) in [4.78, 5) is 0. The molecule has 0 saturated carbocycles. The van der Waals surface area contributed by atoms with Crippen molar-refractivity contribution in [2.75, 3.05) is 6.61 Å². The Kier molecular flexibility index (Phi) is 9.49. The topological polar surface area (TPSA) is 20.2 Å². The molecular formula is C13H28O. The molecule has 0 aliphatic carbocycles. The maximum Gasteiger partial charge on any atom is 0.0459 e. The Hall–Kier alpha value is -0.0400. The summed E-state index contributed by atoms with van der Waals surface area (Å²) in [6.45, 7) is 7.12. The SMILES string of the molecule is CCCCC(CC)CC(CO)CCC. The van der Waals surface area contributed by atoms with Gasteiger partial charge in [0.05, 0.1) is 0 Å². The first kappa shape index (κ1) is 14.0. The van der Waals surface area contributed by atoms with Gasteiger partial charge in [0.15, 0.2) is 0 Å². The summed E-state index contributed by atoms with van der Waals surface area (Å²) in [5.41, 5.74) is 0. The molecular weight excluding hydrogens is 172 g/mol. The van der Waals surface area contributed by atoms with Gasteiger partial charge in [-0.2, -0.15) is 0 Å². The number of hydrogen-bond donors (Lipinski definition) is 1. The van der Waals surface area contributed by atoms with Gasteiger partial charge in [0.1, 0.15) is 0 Å². The van der Waals surface area contributed by atoms with Crippen molar-refractivity contribution in [3.63, 3.8) is 0 Å². The standard InChI is InChI=1S/C13H28O/c1-4-7-9-12(6-3)10-13(11-14)8-5-2/h12-14H,4-11H2,1-3H3. The van der Waals surface area contributed by atoms with E-state index in [9.17, 15) is 5.11 Å². The molecule has 2 atom stereocenters. The van der Waals surface area contributed by atoms with E-state index in [4.69, 9.17) is 0 Å². The lowest BCUT2D eigenvalue weighted by molar-refractivity contribution is 0.186. The third kappa shape index (κ3) is 6.42. The third-order valence-corrected chi connectivity index (χ3v) is 3.17. The monoisotopic (exact) mass is 200 g/mol. The highest BCUT2D eigenvalue weighted by atomic mass is 16.3. The zero-order chi connectivity index (χ0) is 10.8. The highest BCUT2D eigenvalue weighted by molar-refractivity contribution is 4.65. The minimum atomic E-state index is 0.385. The van der Waals surface area contributed by atoms with E-state index in [0.717, 1.165) is 5.92 Å². The van der Waals surface area contributed by atoms with Crippen LogP contribution in [0.4, 0.5) is 0 Å². The molecule has 0 rings (SSSR count). The lowest BCUT2D eigenvalue weighted by Crippen LogP contribution is -2.12. The number of unbranched alkanes of at least 4 members (excludes halogenated alkanes) is 1. The van der Waals surface area contributed by atoms with Crippen molar-refractivity contribution in [2.45, 2.75) is 65.7 Å². The number of rotatable bonds is 9. The van der Waals surface area contributed by atoms with E-state index in [2.05, 4.69) is 20.8 Å². The van der Waals surface area contributed by atoms with Gasteiger partial charge in [0.25, 0.3) is 0 Å². The van der Waals surface area contributed by atoms with Crippen LogP contribution in [-0.2, 0) is 0 Å². The van der Waals surface area contributed by atoms with E-state index in [-0.39, 0.29) is 0 Å². The molecule has 0 heterocycles. The lowest BCUT2D eigenvalue weighted by Gasteiger charge is -2.20. The largest absolute Gasteiger partial charge is 0.396 e. The Morgan fingerprint density at radius 2 is 1.64 bits per heavy atom. The number of aliphatic hydroxyl groups excluding tert-OH is 1. The van der Waals surface area contributed by atoms with Gasteiger partial charge >= 0.3 is 0 Å². The van der Waals surface area contributed by atoms with Crippen molar-refractivity contribution in [3.8, 4) is 0 Å². The zero-order valence-corrected chi connectivity index (χ0v) is 10.3. The van der Waals surface area contributed by atoms with E-state index in [1.807, 2.05) is 0 Å². The molecule has 1 nitrogen and oxygen atoms in total. The molecule has 0 radical (unpaired) electrons. The predicted octanol–water partition coefficient (Wildman–Crippen LogP) is 4.00. The average Bonchev–Trinajstić information content (AvgIpc) is 2.22. The fourth-order valence-corrected chi connectivity index (χ4v) is 2.14. The van der Waals surface area contributed by atoms with Crippen LogP contribution in [0.1, 0.15) is 65.7 Å². The van der Waals surface area contributed by atoms with Crippen molar-refractivity contribution in [3.05, 3.63) is 0 Å². The molecule has 0 aromatic carbocycles. The Morgan fingerprint density at radius 1 is 0.929 bits per heavy atom. The maximum absolute atomic E-state index is 9.23. The summed E-state index contributed by atoms with van der Waals surface area (Å²) in [7, 11) is 0. The van der Waals surface area contributed by atoms with Crippen LogP contribution >= 0.6 is 0 Å². The van der Waals surface area contributed by atoms with Gasteiger partial charge in [0, 0.05) is 6.61 Å². The van der Waals surface area contributed by atoms with Crippen LogP contribution in [0.3, 0.4) is 0 Å². The quantitative estimate of drug-likeness (QED) is 0.596. The van der Waals surface area contributed by atoms with Crippen LogP contribution in [0.25, 0.3) is 0 Å². The molecule has 0 spiro atoms. The molecule has 0 aliphatic heterocycles. The van der Waals surface area contributed by atoms with E-state index >= 15 is 0 Å². The minimum Gasteiger partial charge on any atom is -0.396 e. The van der Waals surface area contributed by atoms with Gasteiger partial charge < -0.3 is 5.11 Å². The van der Waals surface area contributed by atoms with E-state index < -0.39 is 0 Å². The van der Waals surface area contributed by atoms with Gasteiger partial charge in [-0.05, 0) is 24.7 Å². The zero-order valence-electron chi connectivity index (χ0n) is 10.3. The number of hydrogen-bond acceptors (Lipinski definition) is 1. The summed E-state index contributed by atoms with van der Waals surface area (Å²) in [5, 5.41) is 9.23. The van der Waals surface area contributed by atoms with Crippen molar-refractivity contribution >= 4 is 0 Å². The fraction of sp³-hybridized carbons (Fsp3) is 1.00. The van der Waals surface area contributed by atoms with Crippen LogP contribution in [0.5, 0.6) is 0 Å². The summed E-state index contributed by atoms with van der Waals surface area (Å²) >= 11 is 0. The van der Waals surface area contributed by atoms with E-state index in [0.29, 0.717) is 12.5 Å². The summed E-state index contributed by atoms with van der Waals surface area (Å²) in [5.74, 6) is 1.40. The van der Waals surface area contributed by atoms with Crippen LogP contribution in [0, 0.1) is 11.8 Å². The molecule has 0 bridgehead atoms. The first-order valence-electron chi connectivity index (χ1n) is 6.39. The smallest absolute Gasteiger partial charge is 0.0459 e. The Bertz CT molecular complexity index is 112. The molecule has 86 valence electrons. The summed E-state index contributed by atoms with van der Waals surface area (Å²) in [6.07, 6.45) is 8.92. The molecule has 14 heavy (non-hydrogen) atoms. The third-order valence-electron chi connectivity index (χ3n) is 3.17. The maximum atomic E-state index is 9.23. The Balaban J connectivity index is 3.75. The summed E-state index contributed by atoms with van der Waals surface area (Å²) in [6, 6.07) is 0. The van der Waals surface area contributed by atoms with E-state index in [1.165, 1.54) is 44.9 Å². The van der Waals surface area contributed by atoms with Crippen molar-refractivity contribution < 1.29 is 5.11 Å². The highest BCUT2D eigenvalue weighted by Gasteiger charge is 2.13. The Morgan fingerprint density at radius 3 is 2.07 bits per heavy atom. The van der Waals surface area contributed by atoms with Gasteiger partial charge in [0.2, 0.25) is 0 Å². The second-order valence-corrected chi connectivity index (χ2v) is 4.49. The molecule has 0 saturated heterocycles. The first-order valence-corrected chi connectivity index (χ1v) is 6.39. The first-order chi connectivity index (χ1) is 6.78. The lowest BCUT2D eigenvalue weighted by atomic mass is 9.87. The van der Waals surface area contributed by atoms with Gasteiger partial charge in [-0.3, -0.25) is 0 Å². The van der Waals surface area contributed by atoms with E-state index in [1.54, 1.807) is 0 Å². The van der Waals surface area contributed by atoms with Crippen molar-refractivity contribution in [1.29, 1.82) is 0 Å². The van der Waals surface area contributed by atoms with Crippen molar-refractivity contribution in [1.82, 2.24) is 0 Å². The fourth-order valence-electron chi connectivity index (χ4n) is 2.14. The van der Waals surface area contributed by atoms with Crippen molar-refractivity contribution in [2.24, 2.45) is 11.8 Å². The highest BCUT2D eigenvalue weighted by Crippen LogP contribution is 2.23.